The van der Waals surface area contributed by atoms with E-state index >= 15 is 13.2 Å². The van der Waals surface area contributed by atoms with Crippen LogP contribution in [0.15, 0.2) is 133 Å². The van der Waals surface area contributed by atoms with Crippen LogP contribution in [0, 0.1) is 6.92 Å². The summed E-state index contributed by atoms with van der Waals surface area (Å²) in [6.45, 7) is 2.71. The van der Waals surface area contributed by atoms with Crippen molar-refractivity contribution in [1.29, 1.82) is 0 Å². The number of hydrogen-bond acceptors (Lipinski definition) is 8. The Kier molecular flexibility index (Phi) is 11.5. The van der Waals surface area contributed by atoms with Crippen LogP contribution in [0.4, 0.5) is 30.2 Å². The summed E-state index contributed by atoms with van der Waals surface area (Å²) < 4.78 is 62.0. The number of carboxylic acid groups (broad SMARTS) is 1. The Bertz CT molecular complexity index is 2470. The zero-order chi connectivity index (χ0) is 41.6. The normalized spacial score (nSPS) is 12.1. The lowest BCUT2D eigenvalue weighted by Crippen LogP contribution is -2.41. The molecule has 0 heterocycles. The molecule has 14 heteroatoms. The summed E-state index contributed by atoms with van der Waals surface area (Å²) in [5.74, 6) is -1.81. The van der Waals surface area contributed by atoms with Crippen molar-refractivity contribution in [3.63, 3.8) is 0 Å². The predicted octanol–water partition coefficient (Wildman–Crippen LogP) is 9.77. The van der Waals surface area contributed by atoms with Gasteiger partial charge in [0.1, 0.15) is 34.2 Å². The Hall–Kier alpha value is -7.61. The number of carboxylic acids is 1. The van der Waals surface area contributed by atoms with Gasteiger partial charge in [0.25, 0.3) is 18.3 Å². The topological polar surface area (TPSA) is 166 Å². The largest absolute Gasteiger partial charge is 0.478 e. The van der Waals surface area contributed by atoms with Gasteiger partial charge in [0, 0.05) is 17.1 Å². The van der Waals surface area contributed by atoms with Gasteiger partial charge < -0.3 is 35.7 Å². The van der Waals surface area contributed by atoms with Gasteiger partial charge in [0.2, 0.25) is 0 Å². The first-order chi connectivity index (χ1) is 27.6. The molecular formula is C44H34F3N3O8. The molecule has 294 valence electrons. The lowest BCUT2D eigenvalue weighted by molar-refractivity contribution is -0.173. The Morgan fingerprint density at radius 3 is 1.52 bits per heavy atom. The Labute approximate surface area is 329 Å². The maximum atomic E-state index is 15.2. The molecule has 1 unspecified atom stereocenters. The van der Waals surface area contributed by atoms with E-state index < -0.39 is 57.4 Å². The molecule has 6 aromatic rings. The molecule has 2 amide bonds. The van der Waals surface area contributed by atoms with E-state index in [0.29, 0.717) is 34.4 Å². The molecule has 0 bridgehead atoms. The molecule has 11 nitrogen and oxygen atoms in total. The molecule has 6 aromatic carbocycles. The van der Waals surface area contributed by atoms with Crippen LogP contribution in [0.2, 0.25) is 0 Å². The Morgan fingerprint density at radius 1 is 0.621 bits per heavy atom. The molecule has 0 aromatic heterocycles. The number of anilines is 3. The number of ether oxygens (including phenoxy) is 3. The maximum Gasteiger partial charge on any atom is 0.402 e. The average molecular weight is 790 g/mol. The number of aryl methyl sites for hydroxylation is 1. The second-order valence-electron chi connectivity index (χ2n) is 13.2. The first-order valence-electron chi connectivity index (χ1n) is 17.4. The molecule has 6 rings (SSSR count). The van der Waals surface area contributed by atoms with Crippen molar-refractivity contribution < 1.29 is 51.7 Å². The highest BCUT2D eigenvalue weighted by molar-refractivity contribution is 6.11. The number of nitrogens with one attached hydrogen (secondary N) is 2. The van der Waals surface area contributed by atoms with Crippen LogP contribution in [0.5, 0.6) is 28.7 Å². The summed E-state index contributed by atoms with van der Waals surface area (Å²) in [5, 5.41) is 15.2. The summed E-state index contributed by atoms with van der Waals surface area (Å²) in [6.07, 6.45) is -5.06. The number of halogens is 3. The number of amides is 2. The third-order valence-electron chi connectivity index (χ3n) is 9.21. The van der Waals surface area contributed by atoms with Gasteiger partial charge in [-0.05, 0) is 134 Å². The SMILES string of the molecule is Cc1ccc(Oc2ccc(NC(=O)c3ccc(C(C)(c4ccc(C(=O)Nc5ccc(Oc6ccc(N)cc6)cc5)c(OC=O)c4)C(F)(F)F)cc3C(=O)O)cc2)cc1. The molecule has 58 heavy (non-hydrogen) atoms. The standard InChI is InChI=1S/C44H34F3N3O8/c1-26-3-13-32(14-4-26)57-34-17-9-30(10-18-34)49-40(52)36-21-5-27(23-38(36)42(54)55)43(2,44(45,46)47)28-6-22-37(39(24-28)56-25-51)41(53)50-31-11-19-35(20-12-31)58-33-15-7-29(48)8-16-33/h3-25H,48H2,1-2H3,(H,49,52)(H,50,53)(H,54,55). The van der Waals surface area contributed by atoms with Crippen LogP contribution in [0.1, 0.15) is 54.7 Å². The van der Waals surface area contributed by atoms with Crippen molar-refractivity contribution >= 4 is 41.3 Å². The molecule has 5 N–H and O–H groups in total. The molecule has 0 fully saturated rings. The highest BCUT2D eigenvalue weighted by atomic mass is 19.4. The Morgan fingerprint density at radius 2 is 1.05 bits per heavy atom. The predicted molar refractivity (Wildman–Crippen MR) is 210 cm³/mol. The van der Waals surface area contributed by atoms with Gasteiger partial charge in [0.05, 0.1) is 16.7 Å². The lowest BCUT2D eigenvalue weighted by Gasteiger charge is -2.34. The van der Waals surface area contributed by atoms with E-state index in [4.69, 9.17) is 19.9 Å². The third-order valence-corrected chi connectivity index (χ3v) is 9.21. The van der Waals surface area contributed by atoms with E-state index in [2.05, 4.69) is 10.6 Å². The highest BCUT2D eigenvalue weighted by Gasteiger charge is 2.54. The van der Waals surface area contributed by atoms with E-state index in [1.165, 1.54) is 24.3 Å². The third kappa shape index (κ3) is 8.92. The average Bonchev–Trinajstić information content (AvgIpc) is 3.20. The van der Waals surface area contributed by atoms with E-state index in [1.54, 1.807) is 60.7 Å². The zero-order valence-corrected chi connectivity index (χ0v) is 30.8. The fourth-order valence-corrected chi connectivity index (χ4v) is 5.92. The van der Waals surface area contributed by atoms with Gasteiger partial charge in [-0.3, -0.25) is 14.4 Å². The lowest BCUT2D eigenvalue weighted by atomic mass is 9.74. The van der Waals surface area contributed by atoms with Crippen molar-refractivity contribution in [2.45, 2.75) is 25.4 Å². The van der Waals surface area contributed by atoms with Gasteiger partial charge in [-0.15, -0.1) is 0 Å². The zero-order valence-electron chi connectivity index (χ0n) is 30.8. The molecule has 0 saturated heterocycles. The van der Waals surface area contributed by atoms with Gasteiger partial charge in [-0.25, -0.2) is 4.79 Å². The summed E-state index contributed by atoms with van der Waals surface area (Å²) in [4.78, 5) is 50.5. The molecule has 1 atom stereocenters. The molecule has 0 aliphatic rings. The number of nitrogens with two attached hydrogens (primary N) is 1. The number of benzene rings is 6. The number of alkyl halides is 3. The van der Waals surface area contributed by atoms with Crippen molar-refractivity contribution in [2.75, 3.05) is 16.4 Å². The number of carbonyl (C=O) groups is 4. The number of carbonyl (C=O) groups excluding carboxylic acids is 3. The van der Waals surface area contributed by atoms with Crippen LogP contribution in [0.25, 0.3) is 0 Å². The van der Waals surface area contributed by atoms with Crippen molar-refractivity contribution in [3.8, 4) is 28.7 Å². The first-order valence-corrected chi connectivity index (χ1v) is 17.4. The molecule has 0 saturated carbocycles. The molecular weight excluding hydrogens is 755 g/mol. The summed E-state index contributed by atoms with van der Waals surface area (Å²) in [6, 6.07) is 32.2. The quantitative estimate of drug-likeness (QED) is 0.0658. The second-order valence-corrected chi connectivity index (χ2v) is 13.2. The molecule has 0 radical (unpaired) electrons. The smallest absolute Gasteiger partial charge is 0.402 e. The maximum absolute atomic E-state index is 15.2. The number of hydrogen-bond donors (Lipinski definition) is 4. The van der Waals surface area contributed by atoms with Gasteiger partial charge >= 0.3 is 12.1 Å². The summed E-state index contributed by atoms with van der Waals surface area (Å²) in [7, 11) is 0. The van der Waals surface area contributed by atoms with E-state index in [9.17, 15) is 24.3 Å². The van der Waals surface area contributed by atoms with E-state index in [-0.39, 0.29) is 17.7 Å². The molecule has 0 spiro atoms. The van der Waals surface area contributed by atoms with Crippen LogP contribution >= 0.6 is 0 Å². The fraction of sp³-hybridized carbons (Fsp3) is 0.0909. The van der Waals surface area contributed by atoms with Crippen LogP contribution < -0.4 is 30.6 Å². The highest BCUT2D eigenvalue weighted by Crippen LogP contribution is 2.47. The van der Waals surface area contributed by atoms with Crippen molar-refractivity contribution in [1.82, 2.24) is 0 Å². The van der Waals surface area contributed by atoms with Gasteiger partial charge in [-0.2, -0.15) is 13.2 Å². The summed E-state index contributed by atoms with van der Waals surface area (Å²) >= 11 is 0. The van der Waals surface area contributed by atoms with Gasteiger partial charge in [-0.1, -0.05) is 29.8 Å². The Balaban J connectivity index is 1.23. The molecule has 0 aliphatic heterocycles. The summed E-state index contributed by atoms with van der Waals surface area (Å²) in [5.41, 5.74) is 2.57. The van der Waals surface area contributed by atoms with Crippen molar-refractivity contribution in [3.05, 3.63) is 167 Å². The molecule has 0 aliphatic carbocycles. The van der Waals surface area contributed by atoms with Crippen LogP contribution in [-0.4, -0.2) is 35.5 Å². The van der Waals surface area contributed by atoms with Gasteiger partial charge in [0.15, 0.2) is 0 Å². The van der Waals surface area contributed by atoms with E-state index in [0.717, 1.165) is 48.9 Å². The number of aromatic carboxylic acids is 1. The fourth-order valence-electron chi connectivity index (χ4n) is 5.92. The second kappa shape index (κ2) is 16.6. The number of nitrogen functional groups attached to an aromatic ring is 1. The first kappa shape index (κ1) is 40.1. The minimum absolute atomic E-state index is 0.0370. The van der Waals surface area contributed by atoms with Crippen LogP contribution in [0.3, 0.4) is 0 Å². The minimum atomic E-state index is -5.06. The minimum Gasteiger partial charge on any atom is -0.478 e. The monoisotopic (exact) mass is 789 g/mol. The van der Waals surface area contributed by atoms with E-state index in [1.807, 2.05) is 19.1 Å². The number of rotatable bonds is 13. The van der Waals surface area contributed by atoms with Crippen LogP contribution in [-0.2, 0) is 10.2 Å². The van der Waals surface area contributed by atoms with Crippen molar-refractivity contribution in [2.24, 2.45) is 0 Å².